The second kappa shape index (κ2) is 20.9. The van der Waals surface area contributed by atoms with Gasteiger partial charge in [-0.2, -0.15) is 0 Å². The molecule has 17 heteroatoms. The Morgan fingerprint density at radius 1 is 0.843 bits per heavy atom. The van der Waals surface area contributed by atoms with Gasteiger partial charge in [-0.25, -0.2) is 14.5 Å². The summed E-state index contributed by atoms with van der Waals surface area (Å²) in [5.41, 5.74) is 6.81. The van der Waals surface area contributed by atoms with Crippen LogP contribution in [0.15, 0.2) is 127 Å². The van der Waals surface area contributed by atoms with Crippen LogP contribution in [0.1, 0.15) is 46.0 Å². The van der Waals surface area contributed by atoms with E-state index in [1.165, 1.54) is 7.11 Å². The number of urea groups is 1. The molecule has 5 amide bonds. The van der Waals surface area contributed by atoms with E-state index in [4.69, 9.17) is 29.4 Å². The molecule has 4 aliphatic heterocycles. The lowest BCUT2D eigenvalue weighted by Gasteiger charge is -2.46. The standard InChI is InChI=1S/C53H52N6O11/c1-66-31-32-69-52(65)58-41-23-18-34(11-10-24-55-51(54)64)33-40(41)53(50(58)63)43(48(61)56-37-19-21-38(22-20-37)57-25-28-67-29-26-57)45-49(62)70-46(36-14-6-3-7-15-36)44(35-12-4-2-5-13-35)59(45)47(53)39-16-8-9-17-42(39)68-30-27-60/h2-9,12-23,33,43-47,60H,24-32H2,1H3,(H,56,61)(H3,54,55,64). The number of nitrogens with one attached hydrogen (secondary N) is 2. The fourth-order valence-electron chi connectivity index (χ4n) is 10.3. The molecule has 5 aromatic carbocycles. The fraction of sp³-hybridized carbons (Fsp3) is 0.302. The van der Waals surface area contributed by atoms with Crippen LogP contribution >= 0.6 is 0 Å². The first kappa shape index (κ1) is 47.3. The summed E-state index contributed by atoms with van der Waals surface area (Å²) in [5, 5.41) is 15.6. The number of morpholine rings is 2. The van der Waals surface area contributed by atoms with Crippen LogP contribution in [0.25, 0.3) is 0 Å². The third kappa shape index (κ3) is 8.89. The number of aliphatic hydroxyl groups is 1. The van der Waals surface area contributed by atoms with Gasteiger partial charge in [0.2, 0.25) is 11.8 Å². The minimum atomic E-state index is -2.17. The fourth-order valence-corrected chi connectivity index (χ4v) is 10.3. The highest BCUT2D eigenvalue weighted by Gasteiger charge is 2.76. The highest BCUT2D eigenvalue weighted by molar-refractivity contribution is 6.24. The third-order valence-corrected chi connectivity index (χ3v) is 13.1. The second-order valence-corrected chi connectivity index (χ2v) is 17.0. The van der Waals surface area contributed by atoms with Crippen LogP contribution in [0.5, 0.6) is 5.75 Å². The Hall–Kier alpha value is -7.75. The predicted octanol–water partition coefficient (Wildman–Crippen LogP) is 5.00. The smallest absolute Gasteiger partial charge is 0.421 e. The summed E-state index contributed by atoms with van der Waals surface area (Å²) >= 11 is 0. The Kier molecular flexibility index (Phi) is 14.1. The first-order valence-electron chi connectivity index (χ1n) is 23.0. The van der Waals surface area contributed by atoms with Crippen molar-refractivity contribution in [3.05, 3.63) is 155 Å². The Morgan fingerprint density at radius 3 is 2.24 bits per heavy atom. The second-order valence-electron chi connectivity index (χ2n) is 17.0. The first-order valence-corrected chi connectivity index (χ1v) is 23.0. The number of nitrogens with two attached hydrogens (primary N) is 1. The molecule has 5 aromatic rings. The highest BCUT2D eigenvalue weighted by atomic mass is 16.6. The molecule has 6 atom stereocenters. The first-order chi connectivity index (χ1) is 34.2. The van der Waals surface area contributed by atoms with Gasteiger partial charge in [-0.1, -0.05) is 90.7 Å². The largest absolute Gasteiger partial charge is 0.491 e. The van der Waals surface area contributed by atoms with Crippen molar-refractivity contribution in [2.45, 2.75) is 29.6 Å². The van der Waals surface area contributed by atoms with E-state index in [2.05, 4.69) is 27.4 Å². The van der Waals surface area contributed by atoms with E-state index < -0.39 is 65.5 Å². The van der Waals surface area contributed by atoms with Gasteiger partial charge in [-0.05, 0) is 65.2 Å². The topological polar surface area (TPSA) is 212 Å². The monoisotopic (exact) mass is 948 g/mol. The van der Waals surface area contributed by atoms with Crippen LogP contribution in [0.3, 0.4) is 0 Å². The Labute approximate surface area is 404 Å². The van der Waals surface area contributed by atoms with E-state index in [0.29, 0.717) is 54.2 Å². The predicted molar refractivity (Wildman–Crippen MR) is 257 cm³/mol. The summed E-state index contributed by atoms with van der Waals surface area (Å²) in [5.74, 6) is 2.16. The van der Waals surface area contributed by atoms with E-state index in [1.54, 1.807) is 54.6 Å². The van der Waals surface area contributed by atoms with Crippen molar-refractivity contribution < 1.29 is 52.8 Å². The number of benzene rings is 5. The number of carbonyl (C=O) groups excluding carboxylic acids is 5. The van der Waals surface area contributed by atoms with E-state index >= 15 is 14.4 Å². The molecule has 3 fully saturated rings. The van der Waals surface area contributed by atoms with Crippen molar-refractivity contribution in [2.75, 3.05) is 81.5 Å². The van der Waals surface area contributed by atoms with Crippen molar-refractivity contribution in [3.8, 4) is 17.6 Å². The normalized spacial score (nSPS) is 22.6. The lowest BCUT2D eigenvalue weighted by atomic mass is 9.65. The SMILES string of the molecule is COCCOC(=O)N1C(=O)C2(c3cc(C#CCNC(N)=O)ccc31)C(C(=O)Nc1ccc(N3CCOCC3)cc1)C1C(=O)OC(c3ccccc3)C(c3ccccc3)N1C2c1ccccc1OCCO. The summed E-state index contributed by atoms with van der Waals surface area (Å²) < 4.78 is 29.3. The molecule has 4 aliphatic rings. The summed E-state index contributed by atoms with van der Waals surface area (Å²) in [6.45, 7) is 1.74. The number of hydrogen-bond donors (Lipinski definition) is 4. The summed E-state index contributed by atoms with van der Waals surface area (Å²) in [4.78, 5) is 79.0. The quantitative estimate of drug-likeness (QED) is 0.0697. The zero-order valence-electron chi connectivity index (χ0n) is 38.3. The zero-order valence-corrected chi connectivity index (χ0v) is 38.3. The molecule has 0 radical (unpaired) electrons. The average Bonchev–Trinajstić information content (AvgIpc) is 3.84. The molecular weight excluding hydrogens is 897 g/mol. The lowest BCUT2D eigenvalue weighted by Crippen LogP contribution is -2.54. The maximum absolute atomic E-state index is 16.5. The molecule has 6 unspecified atom stereocenters. The van der Waals surface area contributed by atoms with Gasteiger partial charge < -0.3 is 50.1 Å². The number of aliphatic hydroxyl groups excluding tert-OH is 1. The number of ether oxygens (including phenoxy) is 5. The number of primary amides is 1. The van der Waals surface area contributed by atoms with Crippen LogP contribution < -0.4 is 30.9 Å². The summed E-state index contributed by atoms with van der Waals surface area (Å²) in [6, 6.07) is 33.2. The van der Waals surface area contributed by atoms with Crippen LogP contribution in [0.2, 0.25) is 0 Å². The molecule has 0 aliphatic carbocycles. The number of imide groups is 1. The highest BCUT2D eigenvalue weighted by Crippen LogP contribution is 2.66. The van der Waals surface area contributed by atoms with Crippen LogP contribution in [-0.2, 0) is 38.7 Å². The van der Waals surface area contributed by atoms with Crippen molar-refractivity contribution in [1.29, 1.82) is 0 Å². The molecule has 0 aromatic heterocycles. The van der Waals surface area contributed by atoms with Crippen molar-refractivity contribution in [3.63, 3.8) is 0 Å². The van der Waals surface area contributed by atoms with Gasteiger partial charge in [0, 0.05) is 42.7 Å². The maximum Gasteiger partial charge on any atom is 0.421 e. The number of carbonyl (C=O) groups is 5. The van der Waals surface area contributed by atoms with Crippen LogP contribution in [0.4, 0.5) is 26.7 Å². The molecular formula is C53H52N6O11. The van der Waals surface area contributed by atoms with Gasteiger partial charge in [0.1, 0.15) is 36.5 Å². The Morgan fingerprint density at radius 2 is 1.54 bits per heavy atom. The van der Waals surface area contributed by atoms with Gasteiger partial charge in [0.25, 0.3) is 0 Å². The molecule has 9 rings (SSSR count). The molecule has 0 saturated carbocycles. The minimum Gasteiger partial charge on any atom is -0.491 e. The van der Waals surface area contributed by atoms with Gasteiger partial charge in [0.15, 0.2) is 0 Å². The van der Waals surface area contributed by atoms with E-state index in [0.717, 1.165) is 10.6 Å². The number of methoxy groups -OCH3 is 1. The van der Waals surface area contributed by atoms with Gasteiger partial charge >= 0.3 is 18.1 Å². The lowest BCUT2D eigenvalue weighted by molar-refractivity contribution is -0.177. The molecule has 17 nitrogen and oxygen atoms in total. The molecule has 5 N–H and O–H groups in total. The Bertz CT molecular complexity index is 2800. The number of esters is 1. The number of hydrogen-bond acceptors (Lipinski definition) is 13. The number of rotatable bonds is 13. The van der Waals surface area contributed by atoms with Crippen molar-refractivity contribution in [1.82, 2.24) is 10.2 Å². The summed E-state index contributed by atoms with van der Waals surface area (Å²) in [6.07, 6.45) is -2.02. The van der Waals surface area contributed by atoms with E-state index in [1.807, 2.05) is 77.7 Å². The van der Waals surface area contributed by atoms with Crippen molar-refractivity contribution >= 4 is 47.0 Å². The molecule has 360 valence electrons. The maximum atomic E-state index is 16.5. The van der Waals surface area contributed by atoms with E-state index in [-0.39, 0.29) is 50.0 Å². The molecule has 1 spiro atoms. The number of nitrogens with zero attached hydrogens (tertiary/aromatic N) is 3. The average molecular weight is 949 g/mol. The van der Waals surface area contributed by atoms with E-state index in [9.17, 15) is 14.7 Å². The van der Waals surface area contributed by atoms with Gasteiger partial charge in [-0.15, -0.1) is 0 Å². The number of anilines is 3. The molecule has 3 saturated heterocycles. The van der Waals surface area contributed by atoms with Crippen LogP contribution in [-0.4, -0.2) is 112 Å². The number of para-hydroxylation sites is 1. The molecule has 0 bridgehead atoms. The number of cyclic esters (lactones) is 1. The molecule has 70 heavy (non-hydrogen) atoms. The Balaban J connectivity index is 1.33. The van der Waals surface area contributed by atoms with Crippen LogP contribution in [0, 0.1) is 17.8 Å². The molecule has 4 heterocycles. The van der Waals surface area contributed by atoms with Gasteiger partial charge in [-0.3, -0.25) is 19.3 Å². The third-order valence-electron chi connectivity index (χ3n) is 13.1. The summed E-state index contributed by atoms with van der Waals surface area (Å²) in [7, 11) is 1.45. The minimum absolute atomic E-state index is 0.0223. The zero-order chi connectivity index (χ0) is 48.8. The number of amides is 5. The van der Waals surface area contributed by atoms with Gasteiger partial charge in [0.05, 0.1) is 56.7 Å². The van der Waals surface area contributed by atoms with Crippen molar-refractivity contribution in [2.24, 2.45) is 11.7 Å². The number of fused-ring (bicyclic) bond motifs is 3.